The minimum atomic E-state index is -3.79. The molecule has 2 aromatic heterocycles. The lowest BCUT2D eigenvalue weighted by Gasteiger charge is -2.13. The SMILES string of the molecule is Cc1cccc(NS(=O)(=O)c2cc(-c3nc(C)c(C(=O)N4CCCC4)s3)n(C)c2C)c1C. The summed E-state index contributed by atoms with van der Waals surface area (Å²) in [5.74, 6) is 0.0131. The molecule has 4 rings (SSSR count). The molecule has 0 radical (unpaired) electrons. The van der Waals surface area contributed by atoms with Crippen LogP contribution in [0.15, 0.2) is 29.2 Å². The molecule has 1 saturated heterocycles. The number of sulfonamides is 1. The van der Waals surface area contributed by atoms with E-state index in [0.29, 0.717) is 32.7 Å². The fraction of sp³-hybridized carbons (Fsp3) is 0.391. The van der Waals surface area contributed by atoms with Gasteiger partial charge in [0.1, 0.15) is 14.8 Å². The van der Waals surface area contributed by atoms with E-state index in [1.54, 1.807) is 19.1 Å². The van der Waals surface area contributed by atoms with E-state index < -0.39 is 10.0 Å². The maximum absolute atomic E-state index is 13.2. The van der Waals surface area contributed by atoms with Crippen molar-refractivity contribution in [3.63, 3.8) is 0 Å². The van der Waals surface area contributed by atoms with Gasteiger partial charge in [0.25, 0.3) is 15.9 Å². The molecule has 1 N–H and O–H groups in total. The van der Waals surface area contributed by atoms with Gasteiger partial charge in [-0.1, -0.05) is 12.1 Å². The van der Waals surface area contributed by atoms with Crippen LogP contribution in [0.1, 0.15) is 45.0 Å². The lowest BCUT2D eigenvalue weighted by Crippen LogP contribution is -2.27. The highest BCUT2D eigenvalue weighted by molar-refractivity contribution is 7.92. The Labute approximate surface area is 193 Å². The molecule has 1 amide bonds. The third-order valence-corrected chi connectivity index (χ3v) is 8.88. The molecule has 1 aliphatic rings. The van der Waals surface area contributed by atoms with Crippen molar-refractivity contribution in [2.45, 2.75) is 45.4 Å². The summed E-state index contributed by atoms with van der Waals surface area (Å²) in [6.07, 6.45) is 2.06. The quantitative estimate of drug-likeness (QED) is 0.596. The number of nitrogens with one attached hydrogen (secondary N) is 1. The van der Waals surface area contributed by atoms with Crippen molar-refractivity contribution in [2.75, 3.05) is 17.8 Å². The zero-order chi connectivity index (χ0) is 23.2. The number of rotatable bonds is 5. The number of carbonyl (C=O) groups is 1. The summed E-state index contributed by atoms with van der Waals surface area (Å²) in [6, 6.07) is 7.19. The fourth-order valence-corrected chi connectivity index (χ4v) is 6.48. The van der Waals surface area contributed by atoms with Crippen LogP contribution in [0, 0.1) is 27.7 Å². The van der Waals surface area contributed by atoms with Crippen molar-refractivity contribution in [1.29, 1.82) is 0 Å². The molecule has 0 bridgehead atoms. The molecule has 0 unspecified atom stereocenters. The minimum Gasteiger partial charge on any atom is -0.345 e. The van der Waals surface area contributed by atoms with Gasteiger partial charge in [0.15, 0.2) is 0 Å². The Kier molecular flexibility index (Phi) is 5.89. The van der Waals surface area contributed by atoms with E-state index in [-0.39, 0.29) is 10.8 Å². The highest BCUT2D eigenvalue weighted by Gasteiger charge is 2.27. The van der Waals surface area contributed by atoms with E-state index in [1.807, 2.05) is 49.4 Å². The number of nitrogens with zero attached hydrogens (tertiary/aromatic N) is 3. The number of thiazole rings is 1. The van der Waals surface area contributed by atoms with Crippen LogP contribution in [0.3, 0.4) is 0 Å². The van der Waals surface area contributed by atoms with Crippen molar-refractivity contribution >= 4 is 33.0 Å². The summed E-state index contributed by atoms with van der Waals surface area (Å²) >= 11 is 1.32. The number of anilines is 1. The van der Waals surface area contributed by atoms with E-state index in [4.69, 9.17) is 0 Å². The normalized spacial score (nSPS) is 14.2. The van der Waals surface area contributed by atoms with Crippen LogP contribution < -0.4 is 4.72 Å². The van der Waals surface area contributed by atoms with Gasteiger partial charge >= 0.3 is 0 Å². The number of aromatic nitrogens is 2. The second-order valence-electron chi connectivity index (χ2n) is 8.32. The largest absolute Gasteiger partial charge is 0.345 e. The van der Waals surface area contributed by atoms with Crippen molar-refractivity contribution in [3.8, 4) is 10.7 Å². The molecular formula is C23H28N4O3S2. The Morgan fingerprint density at radius 3 is 2.50 bits per heavy atom. The van der Waals surface area contributed by atoms with Crippen LogP contribution in [0.25, 0.3) is 10.7 Å². The Morgan fingerprint density at radius 2 is 1.81 bits per heavy atom. The summed E-state index contributed by atoms with van der Waals surface area (Å²) in [4.78, 5) is 20.2. The maximum Gasteiger partial charge on any atom is 0.265 e. The average molecular weight is 473 g/mol. The Hall–Kier alpha value is -2.65. The molecule has 7 nitrogen and oxygen atoms in total. The molecule has 0 spiro atoms. The topological polar surface area (TPSA) is 84.3 Å². The van der Waals surface area contributed by atoms with Crippen LogP contribution in [0.5, 0.6) is 0 Å². The molecule has 3 aromatic rings. The second kappa shape index (κ2) is 8.37. The highest BCUT2D eigenvalue weighted by atomic mass is 32.2. The van der Waals surface area contributed by atoms with Crippen molar-refractivity contribution in [1.82, 2.24) is 14.5 Å². The van der Waals surface area contributed by atoms with Gasteiger partial charge < -0.3 is 9.47 Å². The summed E-state index contributed by atoms with van der Waals surface area (Å²) < 4.78 is 31.0. The van der Waals surface area contributed by atoms with Crippen LogP contribution in [-0.4, -0.2) is 41.9 Å². The molecule has 0 aliphatic carbocycles. The number of benzene rings is 1. The summed E-state index contributed by atoms with van der Waals surface area (Å²) in [6.45, 7) is 9.01. The molecule has 170 valence electrons. The Balaban J connectivity index is 1.69. The zero-order valence-corrected chi connectivity index (χ0v) is 20.7. The summed E-state index contributed by atoms with van der Waals surface area (Å²) in [5.41, 5.74) is 4.45. The van der Waals surface area contributed by atoms with E-state index >= 15 is 0 Å². The maximum atomic E-state index is 13.2. The number of amides is 1. The fourth-order valence-electron chi connectivity index (χ4n) is 3.98. The van der Waals surface area contributed by atoms with E-state index in [1.165, 1.54) is 11.3 Å². The summed E-state index contributed by atoms with van der Waals surface area (Å²) in [5, 5.41) is 0.642. The molecular weight excluding hydrogens is 444 g/mol. The molecule has 32 heavy (non-hydrogen) atoms. The number of carbonyl (C=O) groups excluding carboxylic acids is 1. The first kappa shape index (κ1) is 22.5. The van der Waals surface area contributed by atoms with Gasteiger partial charge in [-0.15, -0.1) is 11.3 Å². The van der Waals surface area contributed by atoms with Crippen LogP contribution in [0.2, 0.25) is 0 Å². The number of aryl methyl sites for hydroxylation is 2. The van der Waals surface area contributed by atoms with Gasteiger partial charge in [-0.25, -0.2) is 13.4 Å². The van der Waals surface area contributed by atoms with Gasteiger partial charge in [-0.2, -0.15) is 0 Å². The monoisotopic (exact) mass is 472 g/mol. The van der Waals surface area contributed by atoms with Gasteiger partial charge in [-0.3, -0.25) is 9.52 Å². The Morgan fingerprint density at radius 1 is 1.12 bits per heavy atom. The van der Waals surface area contributed by atoms with Crippen molar-refractivity contribution in [3.05, 3.63) is 51.7 Å². The molecule has 1 aliphatic heterocycles. The summed E-state index contributed by atoms with van der Waals surface area (Å²) in [7, 11) is -1.98. The van der Waals surface area contributed by atoms with Crippen LogP contribution >= 0.6 is 11.3 Å². The van der Waals surface area contributed by atoms with Crippen molar-refractivity contribution < 1.29 is 13.2 Å². The first-order valence-electron chi connectivity index (χ1n) is 10.6. The van der Waals surface area contributed by atoms with Gasteiger partial charge in [0.2, 0.25) is 0 Å². The minimum absolute atomic E-state index is 0.0131. The molecule has 3 heterocycles. The van der Waals surface area contributed by atoms with Crippen LogP contribution in [-0.2, 0) is 17.1 Å². The predicted molar refractivity (Wildman–Crippen MR) is 128 cm³/mol. The number of hydrogen-bond acceptors (Lipinski definition) is 5. The lowest BCUT2D eigenvalue weighted by molar-refractivity contribution is 0.0796. The standard InChI is InChI=1S/C23H28N4O3S2/c1-14-9-8-10-18(15(14)2)25-32(29,30)20-13-19(26(5)17(20)4)22-24-16(3)21(31-22)23(28)27-11-6-7-12-27/h8-10,13,25H,6-7,11-12H2,1-5H3. The van der Waals surface area contributed by atoms with Crippen LogP contribution in [0.4, 0.5) is 5.69 Å². The highest BCUT2D eigenvalue weighted by Crippen LogP contribution is 2.34. The molecule has 1 fully saturated rings. The smallest absolute Gasteiger partial charge is 0.265 e. The van der Waals surface area contributed by atoms with Gasteiger partial charge in [-0.05, 0) is 63.8 Å². The second-order valence-corrected chi connectivity index (χ2v) is 11.0. The average Bonchev–Trinajstić information content (AvgIpc) is 3.46. The Bertz CT molecular complexity index is 1300. The molecule has 0 saturated carbocycles. The molecule has 9 heteroatoms. The number of likely N-dealkylation sites (tertiary alicyclic amines) is 1. The predicted octanol–water partition coefficient (Wildman–Crippen LogP) is 4.42. The van der Waals surface area contributed by atoms with E-state index in [0.717, 1.165) is 37.1 Å². The molecule has 0 atom stereocenters. The lowest BCUT2D eigenvalue weighted by atomic mass is 10.1. The van der Waals surface area contributed by atoms with Crippen molar-refractivity contribution in [2.24, 2.45) is 7.05 Å². The first-order valence-corrected chi connectivity index (χ1v) is 12.9. The molecule has 1 aromatic carbocycles. The third kappa shape index (κ3) is 3.95. The first-order chi connectivity index (χ1) is 15.1. The van der Waals surface area contributed by atoms with E-state index in [9.17, 15) is 13.2 Å². The number of hydrogen-bond donors (Lipinski definition) is 1. The zero-order valence-electron chi connectivity index (χ0n) is 19.0. The third-order valence-electron chi connectivity index (χ3n) is 6.23. The van der Waals surface area contributed by atoms with Gasteiger partial charge in [0, 0.05) is 25.8 Å². The van der Waals surface area contributed by atoms with Gasteiger partial charge in [0.05, 0.1) is 17.1 Å². The van der Waals surface area contributed by atoms with E-state index in [2.05, 4.69) is 9.71 Å².